The van der Waals surface area contributed by atoms with Gasteiger partial charge in [0.15, 0.2) is 6.10 Å². The molecule has 0 aliphatic heterocycles. The molecule has 2 atom stereocenters. The molecule has 106 valence electrons. The Morgan fingerprint density at radius 2 is 2.05 bits per heavy atom. The van der Waals surface area contributed by atoms with Gasteiger partial charge in [-0.2, -0.15) is 0 Å². The predicted molar refractivity (Wildman–Crippen MR) is 70.7 cm³/mol. The number of rotatable bonds is 7. The monoisotopic (exact) mass is 269 g/mol. The van der Waals surface area contributed by atoms with E-state index in [0.29, 0.717) is 18.4 Å². The average molecular weight is 269 g/mol. The standard InChI is InChI=1S/C14H20FNO3/c1-3-11(16)6-9-5-10(15)8-12(7-9)19-13(4-2)14(17)18/h5,7-8,11,13H,3-4,6,16H2,1-2H3,(H,17,18). The summed E-state index contributed by atoms with van der Waals surface area (Å²) in [4.78, 5) is 10.9. The molecule has 3 N–H and O–H groups in total. The van der Waals surface area contributed by atoms with Gasteiger partial charge in [-0.25, -0.2) is 9.18 Å². The molecule has 4 nitrogen and oxygen atoms in total. The summed E-state index contributed by atoms with van der Waals surface area (Å²) >= 11 is 0. The molecule has 0 amide bonds. The minimum Gasteiger partial charge on any atom is -0.479 e. The molecule has 1 rings (SSSR count). The Bertz CT molecular complexity index is 437. The minimum atomic E-state index is -1.06. The van der Waals surface area contributed by atoms with E-state index in [2.05, 4.69) is 0 Å². The molecule has 0 aliphatic carbocycles. The van der Waals surface area contributed by atoms with E-state index in [1.165, 1.54) is 12.1 Å². The molecule has 0 aromatic heterocycles. The van der Waals surface area contributed by atoms with Crippen molar-refractivity contribution in [1.29, 1.82) is 0 Å². The van der Waals surface area contributed by atoms with Crippen molar-refractivity contribution in [3.8, 4) is 5.75 Å². The smallest absolute Gasteiger partial charge is 0.344 e. The van der Waals surface area contributed by atoms with Crippen molar-refractivity contribution in [2.75, 3.05) is 0 Å². The van der Waals surface area contributed by atoms with Crippen LogP contribution in [0.4, 0.5) is 4.39 Å². The molecule has 0 spiro atoms. The van der Waals surface area contributed by atoms with Gasteiger partial charge in [0.2, 0.25) is 0 Å². The first-order valence-electron chi connectivity index (χ1n) is 6.40. The van der Waals surface area contributed by atoms with Gasteiger partial charge >= 0.3 is 5.97 Å². The second-order valence-electron chi connectivity index (χ2n) is 4.52. The fourth-order valence-electron chi connectivity index (χ4n) is 1.73. The molecule has 1 aromatic carbocycles. The Labute approximate surface area is 112 Å². The number of hydrogen-bond acceptors (Lipinski definition) is 3. The number of halogens is 1. The van der Waals surface area contributed by atoms with Crippen molar-refractivity contribution in [2.45, 2.75) is 45.3 Å². The lowest BCUT2D eigenvalue weighted by molar-refractivity contribution is -0.145. The average Bonchev–Trinajstić information content (AvgIpc) is 2.34. The van der Waals surface area contributed by atoms with E-state index >= 15 is 0 Å². The van der Waals surface area contributed by atoms with Crippen LogP contribution in [-0.4, -0.2) is 23.2 Å². The number of carboxylic acid groups (broad SMARTS) is 1. The maximum Gasteiger partial charge on any atom is 0.344 e. The maximum absolute atomic E-state index is 13.5. The molecular formula is C14H20FNO3. The summed E-state index contributed by atoms with van der Waals surface area (Å²) in [6.45, 7) is 3.66. The number of carboxylic acids is 1. The molecule has 1 aromatic rings. The van der Waals surface area contributed by atoms with Crippen molar-refractivity contribution in [3.05, 3.63) is 29.6 Å². The van der Waals surface area contributed by atoms with Crippen LogP contribution in [0.2, 0.25) is 0 Å². The molecule has 0 aliphatic rings. The van der Waals surface area contributed by atoms with E-state index in [4.69, 9.17) is 15.6 Å². The zero-order chi connectivity index (χ0) is 14.4. The first-order chi connectivity index (χ1) is 8.96. The SMILES string of the molecule is CCC(N)Cc1cc(F)cc(OC(CC)C(=O)O)c1. The van der Waals surface area contributed by atoms with Crippen LogP contribution >= 0.6 is 0 Å². The van der Waals surface area contributed by atoms with Gasteiger partial charge in [-0.1, -0.05) is 13.8 Å². The quantitative estimate of drug-likeness (QED) is 0.797. The number of benzene rings is 1. The third kappa shape index (κ3) is 4.87. The van der Waals surface area contributed by atoms with Crippen LogP contribution in [0.15, 0.2) is 18.2 Å². The number of ether oxygens (including phenoxy) is 1. The van der Waals surface area contributed by atoms with Crippen LogP contribution in [0.1, 0.15) is 32.3 Å². The van der Waals surface area contributed by atoms with E-state index in [0.717, 1.165) is 6.42 Å². The van der Waals surface area contributed by atoms with Crippen molar-refractivity contribution >= 4 is 5.97 Å². The maximum atomic E-state index is 13.5. The highest BCUT2D eigenvalue weighted by atomic mass is 19.1. The molecule has 0 bridgehead atoms. The van der Waals surface area contributed by atoms with Crippen LogP contribution in [0.25, 0.3) is 0 Å². The Morgan fingerprint density at radius 1 is 1.37 bits per heavy atom. The van der Waals surface area contributed by atoms with Gasteiger partial charge in [0.1, 0.15) is 11.6 Å². The van der Waals surface area contributed by atoms with E-state index in [1.807, 2.05) is 6.92 Å². The molecule has 5 heteroatoms. The summed E-state index contributed by atoms with van der Waals surface area (Å²) < 4.78 is 18.8. The van der Waals surface area contributed by atoms with Gasteiger partial charge < -0.3 is 15.6 Å². The van der Waals surface area contributed by atoms with Crippen molar-refractivity contribution in [3.63, 3.8) is 0 Å². The second-order valence-corrected chi connectivity index (χ2v) is 4.52. The van der Waals surface area contributed by atoms with E-state index in [1.54, 1.807) is 13.0 Å². The van der Waals surface area contributed by atoms with Crippen molar-refractivity contribution in [1.82, 2.24) is 0 Å². The fourth-order valence-corrected chi connectivity index (χ4v) is 1.73. The molecule has 0 saturated carbocycles. The van der Waals surface area contributed by atoms with Gasteiger partial charge in [-0.15, -0.1) is 0 Å². The van der Waals surface area contributed by atoms with Crippen LogP contribution in [0.5, 0.6) is 5.75 Å². The minimum absolute atomic E-state index is 0.0453. The van der Waals surface area contributed by atoms with Crippen molar-refractivity contribution in [2.24, 2.45) is 5.73 Å². The normalized spacial score (nSPS) is 13.9. The summed E-state index contributed by atoms with van der Waals surface area (Å²) in [5.74, 6) is -1.28. The Morgan fingerprint density at radius 3 is 2.58 bits per heavy atom. The fraction of sp³-hybridized carbons (Fsp3) is 0.500. The number of hydrogen-bond donors (Lipinski definition) is 2. The Kier molecular flexibility index (Phi) is 5.76. The van der Waals surface area contributed by atoms with Crippen LogP contribution in [0.3, 0.4) is 0 Å². The van der Waals surface area contributed by atoms with Gasteiger partial charge in [-0.3, -0.25) is 0 Å². The van der Waals surface area contributed by atoms with Crippen LogP contribution in [-0.2, 0) is 11.2 Å². The first kappa shape index (κ1) is 15.4. The zero-order valence-electron chi connectivity index (χ0n) is 11.2. The number of nitrogens with two attached hydrogens (primary N) is 1. The van der Waals surface area contributed by atoms with Gasteiger partial charge in [0.05, 0.1) is 0 Å². The lowest BCUT2D eigenvalue weighted by Crippen LogP contribution is -2.26. The van der Waals surface area contributed by atoms with Crippen molar-refractivity contribution < 1.29 is 19.0 Å². The van der Waals surface area contributed by atoms with E-state index < -0.39 is 17.9 Å². The van der Waals surface area contributed by atoms with Crippen LogP contribution in [0, 0.1) is 5.82 Å². The topological polar surface area (TPSA) is 72.5 Å². The van der Waals surface area contributed by atoms with Crippen LogP contribution < -0.4 is 10.5 Å². The summed E-state index contributed by atoms with van der Waals surface area (Å²) in [6, 6.07) is 4.18. The molecule has 0 saturated heterocycles. The summed E-state index contributed by atoms with van der Waals surface area (Å²) in [7, 11) is 0. The highest BCUT2D eigenvalue weighted by Gasteiger charge is 2.17. The van der Waals surface area contributed by atoms with Gasteiger partial charge in [-0.05, 0) is 37.0 Å². The third-order valence-corrected chi connectivity index (χ3v) is 2.88. The predicted octanol–water partition coefficient (Wildman–Crippen LogP) is 2.35. The molecule has 19 heavy (non-hydrogen) atoms. The summed E-state index contributed by atoms with van der Waals surface area (Å²) in [6.07, 6.45) is 0.679. The molecule has 0 fully saturated rings. The summed E-state index contributed by atoms with van der Waals surface area (Å²) in [5, 5.41) is 8.92. The number of carbonyl (C=O) groups is 1. The van der Waals surface area contributed by atoms with Gasteiger partial charge in [0.25, 0.3) is 0 Å². The molecule has 0 radical (unpaired) electrons. The molecular weight excluding hydrogens is 249 g/mol. The zero-order valence-corrected chi connectivity index (χ0v) is 11.2. The second kappa shape index (κ2) is 7.09. The third-order valence-electron chi connectivity index (χ3n) is 2.88. The number of aliphatic carboxylic acids is 1. The highest BCUT2D eigenvalue weighted by molar-refractivity contribution is 5.72. The van der Waals surface area contributed by atoms with E-state index in [9.17, 15) is 9.18 Å². The highest BCUT2D eigenvalue weighted by Crippen LogP contribution is 2.20. The molecule has 2 unspecified atom stereocenters. The Balaban J connectivity index is 2.86. The van der Waals surface area contributed by atoms with Gasteiger partial charge in [0, 0.05) is 12.1 Å². The Hall–Kier alpha value is -1.62. The lowest BCUT2D eigenvalue weighted by atomic mass is 10.0. The molecule has 0 heterocycles. The largest absolute Gasteiger partial charge is 0.479 e. The van der Waals surface area contributed by atoms with E-state index in [-0.39, 0.29) is 11.8 Å². The first-order valence-corrected chi connectivity index (χ1v) is 6.40. The lowest BCUT2D eigenvalue weighted by Gasteiger charge is -2.15. The summed E-state index contributed by atoms with van der Waals surface area (Å²) in [5.41, 5.74) is 6.54.